The van der Waals surface area contributed by atoms with Crippen LogP contribution in [0.5, 0.6) is 5.88 Å². The van der Waals surface area contributed by atoms with E-state index in [1.165, 1.54) is 10.4 Å². The van der Waals surface area contributed by atoms with Gasteiger partial charge in [0.15, 0.2) is 5.65 Å². The summed E-state index contributed by atoms with van der Waals surface area (Å²) < 4.78 is 7.30. The molecule has 1 unspecified atom stereocenters. The predicted octanol–water partition coefficient (Wildman–Crippen LogP) is 4.16. The second-order valence-electron chi connectivity index (χ2n) is 4.90. The van der Waals surface area contributed by atoms with Gasteiger partial charge in [0.05, 0.1) is 19.0 Å². The van der Waals surface area contributed by atoms with E-state index < -0.39 is 0 Å². The summed E-state index contributed by atoms with van der Waals surface area (Å²) in [4.78, 5) is 10.4. The zero-order valence-corrected chi connectivity index (χ0v) is 13.7. The molecule has 1 atom stereocenters. The third-order valence-electron chi connectivity index (χ3n) is 3.43. The predicted molar refractivity (Wildman–Crippen MR) is 86.5 cm³/mol. The summed E-state index contributed by atoms with van der Waals surface area (Å²) in [6, 6.07) is 5.86. The lowest BCUT2D eigenvalue weighted by molar-refractivity contribution is 0.399. The van der Waals surface area contributed by atoms with E-state index in [4.69, 9.17) is 16.3 Å². The first kappa shape index (κ1) is 14.4. The van der Waals surface area contributed by atoms with Gasteiger partial charge in [-0.2, -0.15) is 4.98 Å². The Balaban J connectivity index is 2.17. The molecule has 4 nitrogen and oxygen atoms in total. The fourth-order valence-corrected chi connectivity index (χ4v) is 3.35. The molecule has 0 N–H and O–H groups in total. The molecule has 3 heterocycles. The maximum Gasteiger partial charge on any atom is 0.215 e. The molecule has 0 aliphatic rings. The van der Waals surface area contributed by atoms with Gasteiger partial charge >= 0.3 is 0 Å². The Kier molecular flexibility index (Phi) is 3.87. The summed E-state index contributed by atoms with van der Waals surface area (Å²) in [5, 5.41) is 1.92. The van der Waals surface area contributed by atoms with E-state index in [0.29, 0.717) is 5.88 Å². The Morgan fingerprint density at radius 3 is 2.76 bits per heavy atom. The van der Waals surface area contributed by atoms with Crippen molar-refractivity contribution in [1.29, 1.82) is 0 Å². The number of aromatic nitrogens is 3. The van der Waals surface area contributed by atoms with Crippen molar-refractivity contribution in [3.05, 3.63) is 39.8 Å². The first-order valence-electron chi connectivity index (χ1n) is 6.68. The van der Waals surface area contributed by atoms with Crippen LogP contribution < -0.4 is 4.74 Å². The Hall–Kier alpha value is -1.59. The van der Waals surface area contributed by atoms with E-state index in [1.807, 2.05) is 19.1 Å². The lowest BCUT2D eigenvalue weighted by atomic mass is 10.3. The molecule has 0 saturated heterocycles. The molecule has 3 rings (SSSR count). The lowest BCUT2D eigenvalue weighted by Gasteiger charge is -2.10. The molecule has 0 fully saturated rings. The zero-order valence-electron chi connectivity index (χ0n) is 12.1. The van der Waals surface area contributed by atoms with Gasteiger partial charge in [0.25, 0.3) is 0 Å². The van der Waals surface area contributed by atoms with E-state index in [9.17, 15) is 0 Å². The molecule has 0 aromatic carbocycles. The quantitative estimate of drug-likeness (QED) is 0.677. The topological polar surface area (TPSA) is 39.9 Å². The van der Waals surface area contributed by atoms with Gasteiger partial charge in [-0.1, -0.05) is 0 Å². The highest BCUT2D eigenvalue weighted by Crippen LogP contribution is 2.27. The number of halogens is 1. The first-order valence-corrected chi connectivity index (χ1v) is 8.00. The molecule has 0 saturated carbocycles. The van der Waals surface area contributed by atoms with Crippen molar-refractivity contribution in [2.75, 3.05) is 7.11 Å². The maximum atomic E-state index is 6.29. The molecule has 0 aliphatic carbocycles. The normalized spacial score (nSPS) is 12.8. The number of imidazole rings is 1. The first-order chi connectivity index (χ1) is 10.1. The van der Waals surface area contributed by atoms with E-state index in [0.717, 1.165) is 23.5 Å². The van der Waals surface area contributed by atoms with Crippen molar-refractivity contribution in [2.45, 2.75) is 25.8 Å². The third kappa shape index (κ3) is 2.63. The largest absolute Gasteiger partial charge is 0.481 e. The standard InChI is InChI=1S/C15H16ClN3OS/c1-9-6-7-21-12(9)8-19-14(10(2)16)17-11-4-5-13(20-3)18-15(11)19/h4-7,10H,8H2,1-3H3. The van der Waals surface area contributed by atoms with Gasteiger partial charge in [-0.3, -0.25) is 0 Å². The van der Waals surface area contributed by atoms with E-state index in [-0.39, 0.29) is 5.38 Å². The number of thiophene rings is 1. The van der Waals surface area contributed by atoms with Crippen molar-refractivity contribution in [3.63, 3.8) is 0 Å². The summed E-state index contributed by atoms with van der Waals surface area (Å²) >= 11 is 8.03. The van der Waals surface area contributed by atoms with Crippen LogP contribution in [-0.4, -0.2) is 21.6 Å². The monoisotopic (exact) mass is 321 g/mol. The highest BCUT2D eigenvalue weighted by Gasteiger charge is 2.17. The number of pyridine rings is 1. The van der Waals surface area contributed by atoms with Gasteiger partial charge in [0.1, 0.15) is 11.3 Å². The van der Waals surface area contributed by atoms with Crippen LogP contribution >= 0.6 is 22.9 Å². The molecular weight excluding hydrogens is 306 g/mol. The van der Waals surface area contributed by atoms with Crippen LogP contribution in [0.15, 0.2) is 23.6 Å². The fourth-order valence-electron chi connectivity index (χ4n) is 2.28. The second kappa shape index (κ2) is 5.66. The maximum absolute atomic E-state index is 6.29. The van der Waals surface area contributed by atoms with E-state index in [2.05, 4.69) is 32.9 Å². The van der Waals surface area contributed by atoms with Crippen LogP contribution in [0.2, 0.25) is 0 Å². The molecule has 0 amide bonds. The zero-order chi connectivity index (χ0) is 15.0. The molecule has 21 heavy (non-hydrogen) atoms. The van der Waals surface area contributed by atoms with Crippen LogP contribution in [0, 0.1) is 6.92 Å². The average Bonchev–Trinajstić information content (AvgIpc) is 3.03. The summed E-state index contributed by atoms with van der Waals surface area (Å²) in [6.07, 6.45) is 0. The van der Waals surface area contributed by atoms with Crippen molar-refractivity contribution < 1.29 is 4.74 Å². The number of hydrogen-bond acceptors (Lipinski definition) is 4. The summed E-state index contributed by atoms with van der Waals surface area (Å²) in [7, 11) is 1.61. The van der Waals surface area contributed by atoms with Gasteiger partial charge in [-0.05, 0) is 36.9 Å². The Bertz CT molecular complexity index is 778. The molecular formula is C15H16ClN3OS. The lowest BCUT2D eigenvalue weighted by Crippen LogP contribution is -2.06. The number of alkyl halides is 1. The van der Waals surface area contributed by atoms with Crippen LogP contribution in [0.25, 0.3) is 11.2 Å². The van der Waals surface area contributed by atoms with Crippen LogP contribution in [0.3, 0.4) is 0 Å². The second-order valence-corrected chi connectivity index (χ2v) is 6.55. The molecule has 0 radical (unpaired) electrons. The summed E-state index contributed by atoms with van der Waals surface area (Å²) in [5.74, 6) is 1.42. The molecule has 3 aromatic rings. The number of nitrogens with zero attached hydrogens (tertiary/aromatic N) is 3. The Labute approximate surface area is 132 Å². The van der Waals surface area contributed by atoms with Crippen molar-refractivity contribution in [1.82, 2.24) is 14.5 Å². The summed E-state index contributed by atoms with van der Waals surface area (Å²) in [6.45, 7) is 4.77. The SMILES string of the molecule is COc1ccc2nc(C(C)Cl)n(Cc3sccc3C)c2n1. The third-order valence-corrected chi connectivity index (χ3v) is 4.63. The van der Waals surface area contributed by atoms with Crippen molar-refractivity contribution >= 4 is 34.1 Å². The number of methoxy groups -OCH3 is 1. The number of ether oxygens (including phenoxy) is 1. The Morgan fingerprint density at radius 1 is 1.33 bits per heavy atom. The number of aryl methyl sites for hydroxylation is 1. The van der Waals surface area contributed by atoms with Crippen LogP contribution in [0.1, 0.15) is 28.6 Å². The van der Waals surface area contributed by atoms with Gasteiger partial charge in [-0.25, -0.2) is 4.98 Å². The molecule has 0 spiro atoms. The Morgan fingerprint density at radius 2 is 2.14 bits per heavy atom. The highest BCUT2D eigenvalue weighted by atomic mass is 35.5. The van der Waals surface area contributed by atoms with Gasteiger partial charge < -0.3 is 9.30 Å². The number of hydrogen-bond donors (Lipinski definition) is 0. The van der Waals surface area contributed by atoms with Gasteiger partial charge in [0, 0.05) is 10.9 Å². The smallest absolute Gasteiger partial charge is 0.215 e. The van der Waals surface area contributed by atoms with Gasteiger partial charge in [-0.15, -0.1) is 22.9 Å². The van der Waals surface area contributed by atoms with E-state index in [1.54, 1.807) is 18.4 Å². The summed E-state index contributed by atoms with van der Waals surface area (Å²) in [5.41, 5.74) is 2.93. The molecule has 6 heteroatoms. The molecule has 0 aliphatic heterocycles. The average molecular weight is 322 g/mol. The number of rotatable bonds is 4. The highest BCUT2D eigenvalue weighted by molar-refractivity contribution is 7.10. The van der Waals surface area contributed by atoms with Crippen molar-refractivity contribution in [2.24, 2.45) is 0 Å². The van der Waals surface area contributed by atoms with Crippen LogP contribution in [0.4, 0.5) is 0 Å². The van der Waals surface area contributed by atoms with E-state index >= 15 is 0 Å². The van der Waals surface area contributed by atoms with Crippen LogP contribution in [-0.2, 0) is 6.54 Å². The minimum absolute atomic E-state index is 0.175. The number of fused-ring (bicyclic) bond motifs is 1. The fraction of sp³-hybridized carbons (Fsp3) is 0.333. The molecule has 110 valence electrons. The van der Waals surface area contributed by atoms with Gasteiger partial charge in [0.2, 0.25) is 5.88 Å². The molecule has 0 bridgehead atoms. The minimum atomic E-state index is -0.175. The molecule has 3 aromatic heterocycles. The van der Waals surface area contributed by atoms with Crippen molar-refractivity contribution in [3.8, 4) is 5.88 Å². The minimum Gasteiger partial charge on any atom is -0.481 e.